The van der Waals surface area contributed by atoms with Crippen LogP contribution in [0.4, 0.5) is 0 Å². The number of aliphatic carboxylic acids is 1. The number of hydrogen-bond acceptors (Lipinski definition) is 3. The Morgan fingerprint density at radius 2 is 2.05 bits per heavy atom. The second-order valence-corrected chi connectivity index (χ2v) is 6.79. The summed E-state index contributed by atoms with van der Waals surface area (Å²) in [6.07, 6.45) is 3.77. The molecule has 4 nitrogen and oxygen atoms in total. The highest BCUT2D eigenvalue weighted by molar-refractivity contribution is 5.79. The van der Waals surface area contributed by atoms with E-state index in [-0.39, 0.29) is 0 Å². The molecule has 0 spiro atoms. The first-order valence-corrected chi connectivity index (χ1v) is 7.57. The Balaban J connectivity index is 2.09. The molecule has 1 saturated carbocycles. The second-order valence-electron chi connectivity index (χ2n) is 6.79. The fourth-order valence-corrected chi connectivity index (χ4v) is 4.07. The van der Waals surface area contributed by atoms with E-state index in [2.05, 4.69) is 31.0 Å². The number of rotatable bonds is 3. The number of carbonyl (C=O) groups is 1. The minimum Gasteiger partial charge on any atom is -0.480 e. The molecule has 110 valence electrons. The number of carboxylic acids is 1. The zero-order chi connectivity index (χ0) is 14.2. The summed E-state index contributed by atoms with van der Waals surface area (Å²) < 4.78 is 0. The molecule has 5 atom stereocenters. The Labute approximate surface area is 116 Å². The van der Waals surface area contributed by atoms with Gasteiger partial charge in [-0.15, -0.1) is 0 Å². The normalized spacial score (nSPS) is 44.4. The van der Waals surface area contributed by atoms with Crippen molar-refractivity contribution in [3.8, 4) is 0 Å². The van der Waals surface area contributed by atoms with E-state index in [1.807, 2.05) is 0 Å². The Hall–Kier alpha value is -0.610. The third-order valence-electron chi connectivity index (χ3n) is 5.49. The van der Waals surface area contributed by atoms with Gasteiger partial charge in [-0.3, -0.25) is 9.69 Å². The van der Waals surface area contributed by atoms with E-state index in [9.17, 15) is 9.90 Å². The highest BCUT2D eigenvalue weighted by Gasteiger charge is 2.47. The van der Waals surface area contributed by atoms with Crippen molar-refractivity contribution in [1.82, 2.24) is 10.2 Å². The Bertz CT molecular complexity index is 347. The lowest BCUT2D eigenvalue weighted by atomic mass is 9.84. The minimum absolute atomic E-state index is 0.420. The van der Waals surface area contributed by atoms with E-state index in [0.29, 0.717) is 18.0 Å². The predicted molar refractivity (Wildman–Crippen MR) is 76.2 cm³/mol. The number of piperidine rings is 1. The first kappa shape index (κ1) is 14.8. The molecule has 19 heavy (non-hydrogen) atoms. The summed E-state index contributed by atoms with van der Waals surface area (Å²) in [5, 5.41) is 12.5. The molecule has 0 amide bonds. The molecular weight excluding hydrogens is 240 g/mol. The molecule has 1 heterocycles. The highest BCUT2D eigenvalue weighted by atomic mass is 16.4. The number of hydrogen-bond donors (Lipinski definition) is 2. The molecular formula is C15H28N2O2. The molecule has 4 heteroatoms. The number of likely N-dealkylation sites (tertiary alicyclic amines) is 1. The molecule has 0 radical (unpaired) electrons. The number of likely N-dealkylation sites (N-methyl/N-ethyl adjacent to an activating group) is 1. The van der Waals surface area contributed by atoms with Crippen molar-refractivity contribution in [3.63, 3.8) is 0 Å². The van der Waals surface area contributed by atoms with Crippen LogP contribution in [0, 0.1) is 11.8 Å². The lowest BCUT2D eigenvalue weighted by Gasteiger charge is -2.44. The van der Waals surface area contributed by atoms with Crippen LogP contribution in [0.3, 0.4) is 0 Å². The topological polar surface area (TPSA) is 52.6 Å². The molecule has 1 aliphatic carbocycles. The third-order valence-corrected chi connectivity index (χ3v) is 5.49. The minimum atomic E-state index is -0.700. The summed E-state index contributed by atoms with van der Waals surface area (Å²) in [5.74, 6) is 0.738. The monoisotopic (exact) mass is 268 g/mol. The molecule has 0 aromatic carbocycles. The molecule has 0 bridgehead atoms. The molecule has 0 aromatic heterocycles. The maximum atomic E-state index is 11.5. The van der Waals surface area contributed by atoms with Gasteiger partial charge in [0.05, 0.1) is 0 Å². The average Bonchev–Trinajstić information content (AvgIpc) is 2.79. The van der Waals surface area contributed by atoms with E-state index in [1.54, 1.807) is 7.05 Å². The molecule has 5 unspecified atom stereocenters. The van der Waals surface area contributed by atoms with E-state index in [1.165, 1.54) is 6.42 Å². The van der Waals surface area contributed by atoms with Crippen molar-refractivity contribution in [2.24, 2.45) is 11.8 Å². The molecule has 1 saturated heterocycles. The van der Waals surface area contributed by atoms with Gasteiger partial charge in [0.25, 0.3) is 0 Å². The lowest BCUT2D eigenvalue weighted by Crippen LogP contribution is -2.53. The Morgan fingerprint density at radius 1 is 1.37 bits per heavy atom. The largest absolute Gasteiger partial charge is 0.480 e. The zero-order valence-electron chi connectivity index (χ0n) is 12.6. The van der Waals surface area contributed by atoms with Crippen molar-refractivity contribution in [3.05, 3.63) is 0 Å². The summed E-state index contributed by atoms with van der Waals surface area (Å²) in [4.78, 5) is 14.1. The number of nitrogens with zero attached hydrogens (tertiary/aromatic N) is 1. The van der Waals surface area contributed by atoms with Gasteiger partial charge in [-0.2, -0.15) is 0 Å². The van der Waals surface area contributed by atoms with Crippen LogP contribution in [-0.2, 0) is 4.79 Å². The molecule has 1 aliphatic heterocycles. The van der Waals surface area contributed by atoms with Gasteiger partial charge in [0.2, 0.25) is 0 Å². The maximum Gasteiger partial charge on any atom is 0.323 e. The van der Waals surface area contributed by atoms with E-state index >= 15 is 0 Å². The molecule has 2 fully saturated rings. The molecule has 2 aliphatic rings. The fourth-order valence-electron chi connectivity index (χ4n) is 4.07. The van der Waals surface area contributed by atoms with Crippen LogP contribution in [0.1, 0.15) is 46.5 Å². The summed E-state index contributed by atoms with van der Waals surface area (Å²) in [7, 11) is 1.78. The average molecular weight is 268 g/mol. The van der Waals surface area contributed by atoms with Gasteiger partial charge in [0, 0.05) is 18.6 Å². The highest BCUT2D eigenvalue weighted by Crippen LogP contribution is 2.38. The second kappa shape index (κ2) is 5.41. The van der Waals surface area contributed by atoms with Crippen LogP contribution in [0.2, 0.25) is 0 Å². The third kappa shape index (κ3) is 2.65. The zero-order valence-corrected chi connectivity index (χ0v) is 12.6. The quantitative estimate of drug-likeness (QED) is 0.821. The van der Waals surface area contributed by atoms with Gasteiger partial charge in [-0.1, -0.05) is 13.8 Å². The van der Waals surface area contributed by atoms with Gasteiger partial charge in [0.15, 0.2) is 0 Å². The van der Waals surface area contributed by atoms with Crippen molar-refractivity contribution in [1.29, 1.82) is 0 Å². The van der Waals surface area contributed by atoms with Gasteiger partial charge >= 0.3 is 5.97 Å². The number of carboxylic acid groups (broad SMARTS) is 1. The standard InChI is InChI=1S/C15H28N2O2/c1-10-7-11(2)12(3)17(9-10)13-5-6-15(8-13,16-4)14(18)19/h10-13,16H,5-9H2,1-4H3,(H,18,19). The summed E-state index contributed by atoms with van der Waals surface area (Å²) in [6.45, 7) is 8.06. The SMILES string of the molecule is CNC1(C(=O)O)CCC(N2CC(C)CC(C)C2C)C1. The Kier molecular flexibility index (Phi) is 4.21. The van der Waals surface area contributed by atoms with Gasteiger partial charge in [-0.25, -0.2) is 0 Å². The smallest absolute Gasteiger partial charge is 0.323 e. The van der Waals surface area contributed by atoms with Gasteiger partial charge in [-0.05, 0) is 51.5 Å². The van der Waals surface area contributed by atoms with Crippen LogP contribution in [0.25, 0.3) is 0 Å². The van der Waals surface area contributed by atoms with Gasteiger partial charge < -0.3 is 10.4 Å². The molecule has 0 aromatic rings. The van der Waals surface area contributed by atoms with Crippen molar-refractivity contribution in [2.45, 2.75) is 64.1 Å². The maximum absolute atomic E-state index is 11.5. The predicted octanol–water partition coefficient (Wildman–Crippen LogP) is 1.95. The summed E-state index contributed by atoms with van der Waals surface area (Å²) >= 11 is 0. The Morgan fingerprint density at radius 3 is 2.58 bits per heavy atom. The summed E-state index contributed by atoms with van der Waals surface area (Å²) in [5.41, 5.74) is -0.700. The van der Waals surface area contributed by atoms with E-state index in [4.69, 9.17) is 0 Å². The molecule has 2 rings (SSSR count). The van der Waals surface area contributed by atoms with Crippen LogP contribution in [-0.4, -0.2) is 47.2 Å². The fraction of sp³-hybridized carbons (Fsp3) is 0.933. The van der Waals surface area contributed by atoms with Gasteiger partial charge in [0.1, 0.15) is 5.54 Å². The van der Waals surface area contributed by atoms with Crippen LogP contribution in [0.15, 0.2) is 0 Å². The van der Waals surface area contributed by atoms with Crippen molar-refractivity contribution in [2.75, 3.05) is 13.6 Å². The van der Waals surface area contributed by atoms with E-state index in [0.717, 1.165) is 31.7 Å². The van der Waals surface area contributed by atoms with Crippen LogP contribution < -0.4 is 5.32 Å². The molecule has 2 N–H and O–H groups in total. The van der Waals surface area contributed by atoms with E-state index < -0.39 is 11.5 Å². The van der Waals surface area contributed by atoms with Crippen molar-refractivity contribution >= 4 is 5.97 Å². The number of nitrogens with one attached hydrogen (secondary N) is 1. The lowest BCUT2D eigenvalue weighted by molar-refractivity contribution is -0.144. The van der Waals surface area contributed by atoms with Crippen molar-refractivity contribution < 1.29 is 9.90 Å². The first-order chi connectivity index (χ1) is 8.89. The summed E-state index contributed by atoms with van der Waals surface area (Å²) in [6, 6.07) is 0.992. The first-order valence-electron chi connectivity index (χ1n) is 7.57. The van der Waals surface area contributed by atoms with Crippen LogP contribution >= 0.6 is 0 Å². The van der Waals surface area contributed by atoms with Crippen LogP contribution in [0.5, 0.6) is 0 Å².